The van der Waals surface area contributed by atoms with Gasteiger partial charge in [-0.05, 0) is 50.8 Å². The smallest absolute Gasteiger partial charge is 0.165 e. The third kappa shape index (κ3) is 4.86. The van der Waals surface area contributed by atoms with Crippen molar-refractivity contribution in [3.63, 3.8) is 0 Å². The van der Waals surface area contributed by atoms with Crippen LogP contribution in [0.5, 0.6) is 5.75 Å². The molecule has 0 amide bonds. The summed E-state index contributed by atoms with van der Waals surface area (Å²) in [6, 6.07) is 7.18. The molecule has 0 aliphatic heterocycles. The first kappa shape index (κ1) is 13.5. The number of halogens is 1. The summed E-state index contributed by atoms with van der Waals surface area (Å²) >= 11 is 0. The maximum absolute atomic E-state index is 13.6. The van der Waals surface area contributed by atoms with Crippen molar-refractivity contribution in [3.05, 3.63) is 29.6 Å². The zero-order valence-corrected chi connectivity index (χ0v) is 10.4. The lowest BCUT2D eigenvalue weighted by Crippen LogP contribution is -2.07. The first-order chi connectivity index (χ1) is 8.13. The van der Waals surface area contributed by atoms with Crippen molar-refractivity contribution in [2.24, 2.45) is 0 Å². The molecule has 1 aromatic rings. The molecule has 0 N–H and O–H groups in total. The second-order valence-electron chi connectivity index (χ2n) is 4.30. The van der Waals surface area contributed by atoms with Crippen molar-refractivity contribution >= 4 is 0 Å². The van der Waals surface area contributed by atoms with Crippen LogP contribution >= 0.6 is 0 Å². The van der Waals surface area contributed by atoms with E-state index in [0.29, 0.717) is 12.2 Å². The second kappa shape index (κ2) is 6.90. The van der Waals surface area contributed by atoms with Crippen LogP contribution in [0.1, 0.15) is 38.7 Å². The Kier molecular flexibility index (Phi) is 5.48. The quantitative estimate of drug-likeness (QED) is 0.702. The molecular weight excluding hydrogens is 217 g/mol. The minimum absolute atomic E-state index is 0.0222. The molecule has 0 fully saturated rings. The van der Waals surface area contributed by atoms with Gasteiger partial charge in [-0.25, -0.2) is 4.39 Å². The Hall–Kier alpha value is -1.56. The zero-order chi connectivity index (χ0) is 12.7. The monoisotopic (exact) mass is 235 g/mol. The fraction of sp³-hybridized carbons (Fsp3) is 0.500. The van der Waals surface area contributed by atoms with Gasteiger partial charge in [0.05, 0.1) is 12.2 Å². The molecule has 0 aromatic heterocycles. The third-order valence-electron chi connectivity index (χ3n) is 2.36. The SMILES string of the molecule is CC(C)Oc1ccc(CCCCC#N)cc1F. The van der Waals surface area contributed by atoms with Crippen LogP contribution in [0, 0.1) is 17.1 Å². The molecule has 0 bridgehead atoms. The molecule has 0 saturated carbocycles. The van der Waals surface area contributed by atoms with E-state index in [1.807, 2.05) is 19.9 Å². The maximum Gasteiger partial charge on any atom is 0.165 e. The van der Waals surface area contributed by atoms with Gasteiger partial charge in [0, 0.05) is 6.42 Å². The highest BCUT2D eigenvalue weighted by Gasteiger charge is 2.06. The molecule has 0 spiro atoms. The second-order valence-corrected chi connectivity index (χ2v) is 4.30. The highest BCUT2D eigenvalue weighted by atomic mass is 19.1. The van der Waals surface area contributed by atoms with E-state index in [1.165, 1.54) is 6.07 Å². The molecule has 0 saturated heterocycles. The Bertz CT molecular complexity index is 396. The standard InChI is InChI=1S/C14H18FNO/c1-11(2)17-14-8-7-12(10-13(14)15)6-4-3-5-9-16/h7-8,10-11H,3-6H2,1-2H3. The van der Waals surface area contributed by atoms with E-state index in [9.17, 15) is 4.39 Å². The molecule has 0 aliphatic rings. The third-order valence-corrected chi connectivity index (χ3v) is 2.36. The van der Waals surface area contributed by atoms with Crippen LogP contribution in [-0.4, -0.2) is 6.10 Å². The van der Waals surface area contributed by atoms with Crippen molar-refractivity contribution in [1.29, 1.82) is 5.26 Å². The summed E-state index contributed by atoms with van der Waals surface area (Å²) in [6.45, 7) is 3.74. The molecule has 1 aromatic carbocycles. The van der Waals surface area contributed by atoms with Gasteiger partial charge in [-0.1, -0.05) is 6.07 Å². The fourth-order valence-corrected chi connectivity index (χ4v) is 1.58. The summed E-state index contributed by atoms with van der Waals surface area (Å²) in [4.78, 5) is 0. The van der Waals surface area contributed by atoms with E-state index in [0.717, 1.165) is 24.8 Å². The van der Waals surface area contributed by atoms with Crippen LogP contribution in [0.3, 0.4) is 0 Å². The molecule has 3 heteroatoms. The summed E-state index contributed by atoms with van der Waals surface area (Å²) in [5, 5.41) is 8.40. The predicted molar refractivity (Wildman–Crippen MR) is 65.3 cm³/mol. The summed E-state index contributed by atoms with van der Waals surface area (Å²) in [6.07, 6.45) is 3.13. The molecular formula is C14H18FNO. The minimum Gasteiger partial charge on any atom is -0.488 e. The van der Waals surface area contributed by atoms with Crippen LogP contribution in [0.25, 0.3) is 0 Å². The summed E-state index contributed by atoms with van der Waals surface area (Å²) < 4.78 is 18.9. The largest absolute Gasteiger partial charge is 0.488 e. The fourth-order valence-electron chi connectivity index (χ4n) is 1.58. The Morgan fingerprint density at radius 3 is 2.71 bits per heavy atom. The number of unbranched alkanes of at least 4 members (excludes halogenated alkanes) is 2. The summed E-state index contributed by atoms with van der Waals surface area (Å²) in [5.41, 5.74) is 0.955. The van der Waals surface area contributed by atoms with Crippen LogP contribution in [0.15, 0.2) is 18.2 Å². The summed E-state index contributed by atoms with van der Waals surface area (Å²) in [7, 11) is 0. The average Bonchev–Trinajstić information content (AvgIpc) is 2.27. The van der Waals surface area contributed by atoms with Gasteiger partial charge in [-0.15, -0.1) is 0 Å². The number of ether oxygens (including phenoxy) is 1. The van der Waals surface area contributed by atoms with Gasteiger partial charge in [-0.3, -0.25) is 0 Å². The zero-order valence-electron chi connectivity index (χ0n) is 10.4. The van der Waals surface area contributed by atoms with E-state index >= 15 is 0 Å². The van der Waals surface area contributed by atoms with Crippen LogP contribution in [0.4, 0.5) is 4.39 Å². The van der Waals surface area contributed by atoms with Crippen LogP contribution < -0.4 is 4.74 Å². The van der Waals surface area contributed by atoms with Crippen LogP contribution in [0.2, 0.25) is 0 Å². The molecule has 0 heterocycles. The average molecular weight is 235 g/mol. The van der Waals surface area contributed by atoms with Gasteiger partial charge in [0.25, 0.3) is 0 Å². The normalized spacial score (nSPS) is 10.3. The number of hydrogen-bond acceptors (Lipinski definition) is 2. The maximum atomic E-state index is 13.6. The lowest BCUT2D eigenvalue weighted by atomic mass is 10.1. The number of benzene rings is 1. The first-order valence-electron chi connectivity index (χ1n) is 5.95. The molecule has 1 rings (SSSR count). The Morgan fingerprint density at radius 2 is 2.12 bits per heavy atom. The molecule has 0 unspecified atom stereocenters. The molecule has 2 nitrogen and oxygen atoms in total. The van der Waals surface area contributed by atoms with Gasteiger partial charge in [0.15, 0.2) is 11.6 Å². The topological polar surface area (TPSA) is 33.0 Å². The van der Waals surface area contributed by atoms with Gasteiger partial charge in [0.2, 0.25) is 0 Å². The molecule has 0 atom stereocenters. The highest BCUT2D eigenvalue weighted by Crippen LogP contribution is 2.20. The Labute approximate surface area is 102 Å². The Morgan fingerprint density at radius 1 is 1.35 bits per heavy atom. The number of nitrogens with zero attached hydrogens (tertiary/aromatic N) is 1. The lowest BCUT2D eigenvalue weighted by Gasteiger charge is -2.11. The van der Waals surface area contributed by atoms with Gasteiger partial charge in [0.1, 0.15) is 0 Å². The minimum atomic E-state index is -0.309. The van der Waals surface area contributed by atoms with E-state index in [-0.39, 0.29) is 11.9 Å². The number of aryl methyl sites for hydroxylation is 1. The molecule has 92 valence electrons. The molecule has 17 heavy (non-hydrogen) atoms. The van der Waals surface area contributed by atoms with Gasteiger partial charge >= 0.3 is 0 Å². The first-order valence-corrected chi connectivity index (χ1v) is 5.95. The summed E-state index contributed by atoms with van der Waals surface area (Å²) in [5.74, 6) is -0.00254. The van der Waals surface area contributed by atoms with Gasteiger partial charge < -0.3 is 4.74 Å². The van der Waals surface area contributed by atoms with E-state index in [1.54, 1.807) is 6.07 Å². The van der Waals surface area contributed by atoms with Gasteiger partial charge in [-0.2, -0.15) is 5.26 Å². The molecule has 0 aliphatic carbocycles. The van der Waals surface area contributed by atoms with Crippen molar-refractivity contribution in [1.82, 2.24) is 0 Å². The van der Waals surface area contributed by atoms with E-state index in [2.05, 4.69) is 6.07 Å². The van der Waals surface area contributed by atoms with Crippen LogP contribution in [-0.2, 0) is 6.42 Å². The van der Waals surface area contributed by atoms with E-state index in [4.69, 9.17) is 10.00 Å². The Balaban J connectivity index is 2.53. The predicted octanol–water partition coefficient (Wildman–Crippen LogP) is 3.85. The number of hydrogen-bond donors (Lipinski definition) is 0. The lowest BCUT2D eigenvalue weighted by molar-refractivity contribution is 0.231. The van der Waals surface area contributed by atoms with Crippen molar-refractivity contribution in [2.75, 3.05) is 0 Å². The number of rotatable bonds is 6. The van der Waals surface area contributed by atoms with E-state index < -0.39 is 0 Å². The highest BCUT2D eigenvalue weighted by molar-refractivity contribution is 5.29. The van der Waals surface area contributed by atoms with Crippen molar-refractivity contribution < 1.29 is 9.13 Å². The number of nitriles is 1. The van der Waals surface area contributed by atoms with Crippen molar-refractivity contribution in [2.45, 2.75) is 45.6 Å². The van der Waals surface area contributed by atoms with Crippen molar-refractivity contribution in [3.8, 4) is 11.8 Å². The molecule has 0 radical (unpaired) electrons.